The average molecular weight is 288 g/mol. The molecule has 2 aromatic heterocycles. The van der Waals surface area contributed by atoms with Crippen molar-refractivity contribution in [1.82, 2.24) is 9.97 Å². The van der Waals surface area contributed by atoms with Crippen molar-refractivity contribution >= 4 is 20.2 Å². The minimum absolute atomic E-state index is 0. The minimum atomic E-state index is -4.89. The number of imidazole rings is 2. The van der Waals surface area contributed by atoms with Gasteiger partial charge in [0.25, 0.3) is 7.82 Å². The fourth-order valence-electron chi connectivity index (χ4n) is 0.830. The quantitative estimate of drug-likeness (QED) is 0.434. The Morgan fingerprint density at radius 2 is 1.42 bits per heavy atom. The number of nitrogens with zero attached hydrogens (tertiary/aromatic N) is 2. The van der Waals surface area contributed by atoms with E-state index in [-0.39, 0.29) is 1.43 Å². The van der Waals surface area contributed by atoms with Crippen LogP contribution >= 0.6 is 7.82 Å². The summed E-state index contributed by atoms with van der Waals surface area (Å²) in [6.07, 6.45) is 14.5. The van der Waals surface area contributed by atoms with Crippen LogP contribution in [0.5, 0.6) is 0 Å². The van der Waals surface area contributed by atoms with Gasteiger partial charge in [-0.2, -0.15) is 0 Å². The molecule has 0 saturated carbocycles. The molecule has 0 aliphatic rings. The highest BCUT2D eigenvalue weighted by atomic mass is 31.2. The normalized spacial score (nSPS) is 9.42. The van der Waals surface area contributed by atoms with Gasteiger partial charge in [0, 0.05) is 0 Å². The Morgan fingerprint density at radius 1 is 1.11 bits per heavy atom. The third kappa shape index (κ3) is 12.3. The van der Waals surface area contributed by atoms with Crippen LogP contribution in [0.4, 0.5) is 0 Å². The van der Waals surface area contributed by atoms with E-state index in [2.05, 4.69) is 23.1 Å². The van der Waals surface area contributed by atoms with Gasteiger partial charge in [-0.15, -0.1) is 0 Å². The van der Waals surface area contributed by atoms with Crippen LogP contribution in [0.2, 0.25) is 0 Å². The molecule has 0 saturated heterocycles. The van der Waals surface area contributed by atoms with Crippen LogP contribution in [0.25, 0.3) is 12.4 Å². The number of aromatic nitrogens is 4. The number of aromatic amines is 2. The summed E-state index contributed by atoms with van der Waals surface area (Å²) in [6.45, 7) is 7.09. The van der Waals surface area contributed by atoms with Gasteiger partial charge >= 0.3 is 0 Å². The van der Waals surface area contributed by atoms with E-state index in [1.165, 1.54) is 0 Å². The van der Waals surface area contributed by atoms with Crippen molar-refractivity contribution in [3.05, 3.63) is 50.6 Å². The molecule has 0 aliphatic carbocycles. The summed E-state index contributed by atoms with van der Waals surface area (Å²) in [5, 5.41) is 0. The third-order valence-electron chi connectivity index (χ3n) is 1.55. The third-order valence-corrected chi connectivity index (χ3v) is 1.55. The molecule has 0 bridgehead atoms. The molecule has 0 fully saturated rings. The van der Waals surface area contributed by atoms with E-state index in [9.17, 15) is 0 Å². The van der Waals surface area contributed by atoms with Gasteiger partial charge in [0.15, 0.2) is 0 Å². The molecule has 0 spiro atoms. The van der Waals surface area contributed by atoms with Gasteiger partial charge in [0.2, 0.25) is 12.7 Å². The zero-order valence-electron chi connectivity index (χ0n) is 11.1. The molecule has 0 atom stereocenters. The van der Waals surface area contributed by atoms with Gasteiger partial charge < -0.3 is 16.1 Å². The van der Waals surface area contributed by atoms with Gasteiger partial charge in [-0.25, -0.2) is 19.1 Å². The molecule has 0 amide bonds. The SMILES string of the molecule is C=C[n+]1cc[nH]c1.C=C[n+]1cc[nH]c1.O=P([O-])(O)O.[H-]. The van der Waals surface area contributed by atoms with Crippen molar-refractivity contribution in [3.8, 4) is 0 Å². The first-order valence-electron chi connectivity index (χ1n) is 4.95. The van der Waals surface area contributed by atoms with E-state index in [1.807, 2.05) is 46.6 Å². The molecule has 4 N–H and O–H groups in total. The van der Waals surface area contributed by atoms with Crippen molar-refractivity contribution in [1.29, 1.82) is 0 Å². The fourth-order valence-corrected chi connectivity index (χ4v) is 0.830. The summed E-state index contributed by atoms with van der Waals surface area (Å²) in [7, 11) is -4.89. The highest BCUT2D eigenvalue weighted by molar-refractivity contribution is 7.43. The van der Waals surface area contributed by atoms with Crippen molar-refractivity contribution < 1.29 is 29.8 Å². The first-order valence-corrected chi connectivity index (χ1v) is 6.48. The first-order chi connectivity index (χ1) is 8.86. The Kier molecular flexibility index (Phi) is 8.07. The van der Waals surface area contributed by atoms with Crippen molar-refractivity contribution in [2.75, 3.05) is 0 Å². The molecule has 106 valence electrons. The highest BCUT2D eigenvalue weighted by Gasteiger charge is 1.83. The molecule has 0 unspecified atom stereocenters. The van der Waals surface area contributed by atoms with Gasteiger partial charge in [0.05, 0.1) is 12.4 Å². The summed E-state index contributed by atoms with van der Waals surface area (Å²) < 4.78 is 12.4. The molecular weight excluding hydrogens is 271 g/mol. The Labute approximate surface area is 111 Å². The van der Waals surface area contributed by atoms with Crippen LogP contribution in [0.1, 0.15) is 1.43 Å². The van der Waals surface area contributed by atoms with Crippen LogP contribution in [0.15, 0.2) is 50.6 Å². The van der Waals surface area contributed by atoms with E-state index in [0.717, 1.165) is 0 Å². The number of rotatable bonds is 2. The van der Waals surface area contributed by atoms with Crippen molar-refractivity contribution in [3.63, 3.8) is 0 Å². The summed E-state index contributed by atoms with van der Waals surface area (Å²) in [5.41, 5.74) is 0. The number of hydrogen-bond acceptors (Lipinski definition) is 2. The second kappa shape index (κ2) is 9.01. The van der Waals surface area contributed by atoms with Crippen LogP contribution in [-0.4, -0.2) is 19.8 Å². The van der Waals surface area contributed by atoms with Crippen molar-refractivity contribution in [2.45, 2.75) is 0 Å². The lowest BCUT2D eigenvalue weighted by molar-refractivity contribution is -0.566. The van der Waals surface area contributed by atoms with E-state index in [1.54, 1.807) is 12.4 Å². The van der Waals surface area contributed by atoms with E-state index < -0.39 is 7.82 Å². The maximum absolute atomic E-state index is 8.77. The molecule has 2 rings (SSSR count). The molecule has 19 heavy (non-hydrogen) atoms. The summed E-state index contributed by atoms with van der Waals surface area (Å²) in [4.78, 5) is 28.7. The highest BCUT2D eigenvalue weighted by Crippen LogP contribution is 2.18. The number of phosphoric acid groups is 1. The molecule has 2 heterocycles. The topological polar surface area (TPSA) is 120 Å². The Hall–Kier alpha value is -1.99. The van der Waals surface area contributed by atoms with Crippen molar-refractivity contribution in [2.24, 2.45) is 0 Å². The largest absolute Gasteiger partial charge is 1.00 e. The summed E-state index contributed by atoms with van der Waals surface area (Å²) >= 11 is 0. The van der Waals surface area contributed by atoms with Gasteiger partial charge in [-0.3, -0.25) is 4.57 Å². The van der Waals surface area contributed by atoms with E-state index in [4.69, 9.17) is 19.2 Å². The summed E-state index contributed by atoms with van der Waals surface area (Å²) in [5.74, 6) is 0. The fraction of sp³-hybridized carbons (Fsp3) is 0. The maximum atomic E-state index is 8.77. The van der Waals surface area contributed by atoms with Crippen LogP contribution in [0.3, 0.4) is 0 Å². The predicted molar refractivity (Wildman–Crippen MR) is 67.9 cm³/mol. The second-order valence-electron chi connectivity index (χ2n) is 2.97. The smallest absolute Gasteiger partial charge is 0.262 e. The lowest BCUT2D eigenvalue weighted by Crippen LogP contribution is -2.19. The molecule has 0 aromatic carbocycles. The molecule has 0 aliphatic heterocycles. The van der Waals surface area contributed by atoms with Gasteiger partial charge in [-0.1, -0.05) is 13.2 Å². The Balaban J connectivity index is 0. The van der Waals surface area contributed by atoms with Crippen LogP contribution < -0.4 is 14.0 Å². The molecule has 9 heteroatoms. The first kappa shape index (κ1) is 17.0. The average Bonchev–Trinajstić information content (AvgIpc) is 3.01. The molecule has 2 aromatic rings. The van der Waals surface area contributed by atoms with Gasteiger partial charge in [0.1, 0.15) is 24.8 Å². The van der Waals surface area contributed by atoms with Gasteiger partial charge in [-0.05, 0) is 0 Å². The van der Waals surface area contributed by atoms with E-state index >= 15 is 0 Å². The monoisotopic (exact) mass is 288 g/mol. The molecule has 0 radical (unpaired) electrons. The second-order valence-corrected chi connectivity index (χ2v) is 3.95. The molecule has 8 nitrogen and oxygen atoms in total. The lowest BCUT2D eigenvalue weighted by Gasteiger charge is -2.01. The zero-order chi connectivity index (χ0) is 14.7. The van der Waals surface area contributed by atoms with E-state index in [0.29, 0.717) is 0 Å². The lowest BCUT2D eigenvalue weighted by atomic mass is 10.9. The van der Waals surface area contributed by atoms with Crippen LogP contribution in [0, 0.1) is 0 Å². The Bertz CT molecular complexity index is 463. The predicted octanol–water partition coefficient (Wildman–Crippen LogP) is -0.643. The minimum Gasteiger partial charge on any atom is -1.00 e. The molecular formula is C10H17N4O4P. The zero-order valence-corrected chi connectivity index (χ0v) is 11.0. The Morgan fingerprint density at radius 3 is 1.53 bits per heavy atom. The standard InChI is InChI=1S/2C5H6N2.H3O4P.H/c2*1-2-7-4-3-6-5-7;1-5(2,3)4;/h2*2-5H,1H2;(H3,1,2,3,4);/q;;;-1/p+1. The number of H-pyrrole nitrogens is 2. The number of nitrogens with one attached hydrogen (secondary N) is 2. The number of hydrogen-bond donors (Lipinski definition) is 4. The maximum Gasteiger partial charge on any atom is 0.262 e. The van der Waals surface area contributed by atoms with Crippen LogP contribution in [-0.2, 0) is 4.57 Å². The summed E-state index contributed by atoms with van der Waals surface area (Å²) in [6, 6.07) is 0.